The first kappa shape index (κ1) is 17.3. The fourth-order valence-corrected chi connectivity index (χ4v) is 2.20. The third-order valence-corrected chi connectivity index (χ3v) is 3.38. The van der Waals surface area contributed by atoms with Crippen LogP contribution in [0.5, 0.6) is 0 Å². The smallest absolute Gasteiger partial charge is 0.342 e. The lowest BCUT2D eigenvalue weighted by molar-refractivity contribution is 0.0460. The van der Waals surface area contributed by atoms with Gasteiger partial charge >= 0.3 is 5.97 Å². The molecule has 0 aromatic carbocycles. The number of carbonyl (C=O) groups excluding carboxylic acids is 1. The molecule has 2 heterocycles. The lowest BCUT2D eigenvalue weighted by atomic mass is 10.2. The Hall–Kier alpha value is -2.02. The molecular weight excluding hydrogens is 328 g/mol. The van der Waals surface area contributed by atoms with Crippen LogP contribution >= 0.6 is 11.6 Å². The minimum absolute atomic E-state index is 0.116. The Kier molecular flexibility index (Phi) is 5.65. The SMILES string of the molecule is CC(C)Cn1ncc(C(=O)OCc2cccnc2Cl)c1C(F)F. The van der Waals surface area contributed by atoms with Crippen molar-refractivity contribution in [2.75, 3.05) is 0 Å². The average molecular weight is 344 g/mol. The van der Waals surface area contributed by atoms with E-state index in [2.05, 4.69) is 10.1 Å². The topological polar surface area (TPSA) is 57.0 Å². The summed E-state index contributed by atoms with van der Waals surface area (Å²) >= 11 is 5.86. The van der Waals surface area contributed by atoms with E-state index in [0.29, 0.717) is 12.1 Å². The fourth-order valence-electron chi connectivity index (χ4n) is 2.02. The summed E-state index contributed by atoms with van der Waals surface area (Å²) in [6.07, 6.45) is -0.212. The van der Waals surface area contributed by atoms with E-state index in [1.54, 1.807) is 12.1 Å². The molecule has 0 atom stereocenters. The molecule has 0 amide bonds. The molecule has 0 fully saturated rings. The zero-order valence-corrected chi connectivity index (χ0v) is 13.4. The van der Waals surface area contributed by atoms with Crippen molar-refractivity contribution in [1.82, 2.24) is 14.8 Å². The summed E-state index contributed by atoms with van der Waals surface area (Å²) in [5.41, 5.74) is -0.169. The summed E-state index contributed by atoms with van der Waals surface area (Å²) in [5.74, 6) is -0.749. The van der Waals surface area contributed by atoms with E-state index >= 15 is 0 Å². The number of aromatic nitrogens is 3. The summed E-state index contributed by atoms with van der Waals surface area (Å²) in [7, 11) is 0. The molecule has 0 saturated carbocycles. The number of ether oxygens (including phenoxy) is 1. The van der Waals surface area contributed by atoms with Crippen LogP contribution in [0.15, 0.2) is 24.5 Å². The highest BCUT2D eigenvalue weighted by molar-refractivity contribution is 6.30. The number of rotatable bonds is 6. The highest BCUT2D eigenvalue weighted by atomic mass is 35.5. The van der Waals surface area contributed by atoms with Crippen LogP contribution < -0.4 is 0 Å². The van der Waals surface area contributed by atoms with E-state index in [1.807, 2.05) is 13.8 Å². The third kappa shape index (κ3) is 4.25. The van der Waals surface area contributed by atoms with Crippen LogP contribution in [0.1, 0.15) is 41.9 Å². The van der Waals surface area contributed by atoms with Crippen molar-refractivity contribution in [3.8, 4) is 0 Å². The normalized spacial score (nSPS) is 11.3. The van der Waals surface area contributed by atoms with Gasteiger partial charge in [-0.2, -0.15) is 5.10 Å². The van der Waals surface area contributed by atoms with E-state index in [-0.39, 0.29) is 23.2 Å². The Morgan fingerprint density at radius 3 is 2.78 bits per heavy atom. The molecular formula is C15H16ClF2N3O2. The molecule has 8 heteroatoms. The molecule has 2 aromatic heterocycles. The summed E-state index contributed by atoms with van der Waals surface area (Å²) in [4.78, 5) is 15.9. The second-order valence-electron chi connectivity index (χ2n) is 5.35. The van der Waals surface area contributed by atoms with Gasteiger partial charge in [0.15, 0.2) is 0 Å². The summed E-state index contributed by atoms with van der Waals surface area (Å²) in [5, 5.41) is 4.07. The number of hydrogen-bond donors (Lipinski definition) is 0. The molecule has 0 aliphatic rings. The summed E-state index contributed by atoms with van der Waals surface area (Å²) in [6.45, 7) is 3.89. The van der Waals surface area contributed by atoms with Gasteiger partial charge in [0.1, 0.15) is 23.0 Å². The fraction of sp³-hybridized carbons (Fsp3) is 0.400. The number of hydrogen-bond acceptors (Lipinski definition) is 4. The summed E-state index contributed by atoms with van der Waals surface area (Å²) in [6, 6.07) is 3.28. The van der Waals surface area contributed by atoms with E-state index in [4.69, 9.17) is 16.3 Å². The molecule has 0 saturated heterocycles. The first-order chi connectivity index (χ1) is 10.9. The van der Waals surface area contributed by atoms with Gasteiger partial charge in [-0.15, -0.1) is 0 Å². The van der Waals surface area contributed by atoms with Gasteiger partial charge in [-0.1, -0.05) is 31.5 Å². The lowest BCUT2D eigenvalue weighted by Crippen LogP contribution is -2.13. The van der Waals surface area contributed by atoms with Gasteiger partial charge in [-0.05, 0) is 12.0 Å². The lowest BCUT2D eigenvalue weighted by Gasteiger charge is -2.11. The van der Waals surface area contributed by atoms with E-state index < -0.39 is 18.1 Å². The molecule has 124 valence electrons. The van der Waals surface area contributed by atoms with Gasteiger partial charge in [-0.3, -0.25) is 4.68 Å². The Morgan fingerprint density at radius 1 is 1.43 bits per heavy atom. The molecule has 5 nitrogen and oxygen atoms in total. The number of esters is 1. The van der Waals surface area contributed by atoms with Crippen molar-refractivity contribution < 1.29 is 18.3 Å². The van der Waals surface area contributed by atoms with Gasteiger partial charge in [-0.25, -0.2) is 18.6 Å². The molecule has 2 rings (SSSR count). The second-order valence-corrected chi connectivity index (χ2v) is 5.71. The van der Waals surface area contributed by atoms with Crippen LogP contribution in [-0.2, 0) is 17.9 Å². The van der Waals surface area contributed by atoms with Gasteiger partial charge in [0, 0.05) is 18.3 Å². The standard InChI is InChI=1S/C15H16ClF2N3O2/c1-9(2)7-21-12(14(17)18)11(6-20-21)15(22)23-8-10-4-3-5-19-13(10)16/h3-6,9,14H,7-8H2,1-2H3. The molecule has 0 aliphatic carbocycles. The Balaban J connectivity index is 2.16. The highest BCUT2D eigenvalue weighted by Crippen LogP contribution is 2.25. The van der Waals surface area contributed by atoms with E-state index in [0.717, 1.165) is 10.9 Å². The van der Waals surface area contributed by atoms with Crippen LogP contribution in [0.4, 0.5) is 8.78 Å². The Morgan fingerprint density at radius 2 is 2.17 bits per heavy atom. The van der Waals surface area contributed by atoms with Crippen LogP contribution in [0, 0.1) is 5.92 Å². The number of halogens is 3. The average Bonchev–Trinajstić information content (AvgIpc) is 2.89. The molecule has 23 heavy (non-hydrogen) atoms. The van der Waals surface area contributed by atoms with Crippen LogP contribution in [0.2, 0.25) is 5.15 Å². The zero-order chi connectivity index (χ0) is 17.0. The number of alkyl halides is 2. The van der Waals surface area contributed by atoms with Crippen molar-refractivity contribution in [3.63, 3.8) is 0 Å². The molecule has 0 N–H and O–H groups in total. The van der Waals surface area contributed by atoms with Crippen LogP contribution in [-0.4, -0.2) is 20.7 Å². The summed E-state index contributed by atoms with van der Waals surface area (Å²) < 4.78 is 32.7. The molecule has 0 aliphatic heterocycles. The highest BCUT2D eigenvalue weighted by Gasteiger charge is 2.26. The van der Waals surface area contributed by atoms with Crippen LogP contribution in [0.3, 0.4) is 0 Å². The molecule has 0 unspecified atom stereocenters. The maximum absolute atomic E-state index is 13.3. The van der Waals surface area contributed by atoms with E-state index in [9.17, 15) is 13.6 Å². The van der Waals surface area contributed by atoms with Crippen LogP contribution in [0.25, 0.3) is 0 Å². The first-order valence-corrected chi connectivity index (χ1v) is 7.38. The minimum atomic E-state index is -2.82. The van der Waals surface area contributed by atoms with Gasteiger partial charge in [0.25, 0.3) is 6.43 Å². The van der Waals surface area contributed by atoms with Crippen molar-refractivity contribution >= 4 is 17.6 Å². The zero-order valence-electron chi connectivity index (χ0n) is 12.7. The third-order valence-electron chi connectivity index (χ3n) is 3.04. The molecule has 2 aromatic rings. The number of carbonyl (C=O) groups is 1. The largest absolute Gasteiger partial charge is 0.457 e. The Labute approximate surface area is 137 Å². The second kappa shape index (κ2) is 7.50. The van der Waals surface area contributed by atoms with Crippen molar-refractivity contribution in [3.05, 3.63) is 46.5 Å². The minimum Gasteiger partial charge on any atom is -0.457 e. The number of nitrogens with zero attached hydrogens (tertiary/aromatic N) is 3. The molecule has 0 spiro atoms. The van der Waals surface area contributed by atoms with Gasteiger partial charge < -0.3 is 4.74 Å². The Bertz CT molecular complexity index is 689. The molecule has 0 bridgehead atoms. The maximum Gasteiger partial charge on any atom is 0.342 e. The van der Waals surface area contributed by atoms with Crippen molar-refractivity contribution in [2.24, 2.45) is 5.92 Å². The van der Waals surface area contributed by atoms with E-state index in [1.165, 1.54) is 6.20 Å². The first-order valence-electron chi connectivity index (χ1n) is 7.00. The maximum atomic E-state index is 13.3. The van der Waals surface area contributed by atoms with Gasteiger partial charge in [0.2, 0.25) is 0 Å². The predicted octanol–water partition coefficient (Wildman–Crippen LogP) is 3.88. The van der Waals surface area contributed by atoms with Gasteiger partial charge in [0.05, 0.1) is 6.20 Å². The predicted molar refractivity (Wildman–Crippen MR) is 80.4 cm³/mol. The monoisotopic (exact) mass is 343 g/mol. The number of pyridine rings is 1. The van der Waals surface area contributed by atoms with Crippen molar-refractivity contribution in [2.45, 2.75) is 33.4 Å². The van der Waals surface area contributed by atoms with Crippen molar-refractivity contribution in [1.29, 1.82) is 0 Å². The molecule has 0 radical (unpaired) electrons. The quantitative estimate of drug-likeness (QED) is 0.590.